The third-order valence-electron chi connectivity index (χ3n) is 3.83. The van der Waals surface area contributed by atoms with Gasteiger partial charge < -0.3 is 10.1 Å². The molecule has 4 nitrogen and oxygen atoms in total. The molecule has 2 fully saturated rings. The minimum Gasteiger partial charge on any atom is -0.372 e. The summed E-state index contributed by atoms with van der Waals surface area (Å²) in [5.41, 5.74) is 0. The molecule has 0 aromatic carbocycles. The molecule has 0 amide bonds. The highest BCUT2D eigenvalue weighted by atomic mass is 32.2. The SMILES string of the molecule is CCC1NC(C)CCC1OC1CCS(=O)(=O)C1. The Labute approximate surface area is 104 Å². The Kier molecular flexibility index (Phi) is 4.10. The molecule has 0 saturated carbocycles. The van der Waals surface area contributed by atoms with Gasteiger partial charge in [0.05, 0.1) is 23.7 Å². The molecule has 100 valence electrons. The van der Waals surface area contributed by atoms with Crippen molar-refractivity contribution in [2.24, 2.45) is 0 Å². The van der Waals surface area contributed by atoms with E-state index in [0.717, 1.165) is 19.3 Å². The molecule has 4 atom stereocenters. The van der Waals surface area contributed by atoms with Crippen LogP contribution in [0, 0.1) is 0 Å². The van der Waals surface area contributed by atoms with Gasteiger partial charge in [-0.05, 0) is 32.6 Å². The number of sulfone groups is 1. The Morgan fingerprint density at radius 3 is 2.65 bits per heavy atom. The van der Waals surface area contributed by atoms with E-state index in [1.165, 1.54) is 0 Å². The largest absolute Gasteiger partial charge is 0.372 e. The number of rotatable bonds is 3. The summed E-state index contributed by atoms with van der Waals surface area (Å²) >= 11 is 0. The molecule has 2 saturated heterocycles. The van der Waals surface area contributed by atoms with Gasteiger partial charge in [-0.1, -0.05) is 6.92 Å². The van der Waals surface area contributed by atoms with E-state index >= 15 is 0 Å². The van der Waals surface area contributed by atoms with Crippen LogP contribution in [-0.4, -0.2) is 44.2 Å². The van der Waals surface area contributed by atoms with Crippen LogP contribution in [-0.2, 0) is 14.6 Å². The summed E-state index contributed by atoms with van der Waals surface area (Å²) in [6.45, 7) is 4.34. The van der Waals surface area contributed by atoms with E-state index in [9.17, 15) is 8.42 Å². The maximum atomic E-state index is 11.4. The van der Waals surface area contributed by atoms with Crippen LogP contribution in [0.5, 0.6) is 0 Å². The lowest BCUT2D eigenvalue weighted by Crippen LogP contribution is -2.51. The molecule has 4 unspecified atom stereocenters. The van der Waals surface area contributed by atoms with E-state index < -0.39 is 9.84 Å². The summed E-state index contributed by atoms with van der Waals surface area (Å²) in [4.78, 5) is 0. The number of hydrogen-bond donors (Lipinski definition) is 1. The standard InChI is InChI=1S/C12H23NO3S/c1-3-11-12(5-4-9(2)13-11)16-10-6-7-17(14,15)8-10/h9-13H,3-8H2,1-2H3. The zero-order valence-electron chi connectivity index (χ0n) is 10.7. The van der Waals surface area contributed by atoms with Crippen molar-refractivity contribution in [1.29, 1.82) is 0 Å². The fourth-order valence-corrected chi connectivity index (χ4v) is 4.43. The number of nitrogens with one attached hydrogen (secondary N) is 1. The van der Waals surface area contributed by atoms with Crippen molar-refractivity contribution < 1.29 is 13.2 Å². The first kappa shape index (κ1) is 13.3. The summed E-state index contributed by atoms with van der Waals surface area (Å²) in [6, 6.07) is 0.925. The Morgan fingerprint density at radius 2 is 2.06 bits per heavy atom. The van der Waals surface area contributed by atoms with Crippen LogP contribution in [0.2, 0.25) is 0 Å². The highest BCUT2D eigenvalue weighted by Gasteiger charge is 2.34. The number of piperidine rings is 1. The first-order chi connectivity index (χ1) is 8.00. The van der Waals surface area contributed by atoms with Crippen molar-refractivity contribution >= 4 is 9.84 Å². The second-order valence-corrected chi connectivity index (χ2v) is 7.59. The van der Waals surface area contributed by atoms with Crippen LogP contribution in [0.1, 0.15) is 39.5 Å². The fourth-order valence-electron chi connectivity index (χ4n) is 2.83. The van der Waals surface area contributed by atoms with Crippen LogP contribution < -0.4 is 5.32 Å². The van der Waals surface area contributed by atoms with Crippen molar-refractivity contribution in [1.82, 2.24) is 5.32 Å². The third kappa shape index (κ3) is 3.42. The van der Waals surface area contributed by atoms with Gasteiger partial charge in [-0.2, -0.15) is 0 Å². The number of hydrogen-bond acceptors (Lipinski definition) is 4. The zero-order valence-corrected chi connectivity index (χ0v) is 11.5. The van der Waals surface area contributed by atoms with Gasteiger partial charge in [-0.25, -0.2) is 8.42 Å². The smallest absolute Gasteiger partial charge is 0.152 e. The second-order valence-electron chi connectivity index (χ2n) is 5.36. The van der Waals surface area contributed by atoms with Gasteiger partial charge in [0.1, 0.15) is 0 Å². The van der Waals surface area contributed by atoms with E-state index in [0.29, 0.717) is 24.3 Å². The Bertz CT molecular complexity index is 355. The van der Waals surface area contributed by atoms with Gasteiger partial charge in [0.15, 0.2) is 9.84 Å². The van der Waals surface area contributed by atoms with Crippen molar-refractivity contribution in [3.63, 3.8) is 0 Å². The monoisotopic (exact) mass is 261 g/mol. The molecule has 2 rings (SSSR count). The predicted octanol–water partition coefficient (Wildman–Crippen LogP) is 1.11. The maximum Gasteiger partial charge on any atom is 0.152 e. The van der Waals surface area contributed by atoms with Gasteiger partial charge >= 0.3 is 0 Å². The Hall–Kier alpha value is -0.130. The molecule has 0 aromatic rings. The summed E-state index contributed by atoms with van der Waals surface area (Å²) in [6.07, 6.45) is 3.98. The van der Waals surface area contributed by atoms with Crippen LogP contribution in [0.25, 0.3) is 0 Å². The molecular weight excluding hydrogens is 238 g/mol. The first-order valence-corrected chi connectivity index (χ1v) is 8.44. The first-order valence-electron chi connectivity index (χ1n) is 6.62. The van der Waals surface area contributed by atoms with Crippen molar-refractivity contribution in [2.45, 2.75) is 63.8 Å². The highest BCUT2D eigenvalue weighted by Crippen LogP contribution is 2.24. The summed E-state index contributed by atoms with van der Waals surface area (Å²) in [5.74, 6) is 0.514. The van der Waals surface area contributed by atoms with Gasteiger partial charge in [0.2, 0.25) is 0 Å². The van der Waals surface area contributed by atoms with E-state index in [2.05, 4.69) is 19.2 Å². The van der Waals surface area contributed by atoms with E-state index in [1.54, 1.807) is 0 Å². The molecule has 0 spiro atoms. The van der Waals surface area contributed by atoms with Gasteiger partial charge in [-0.15, -0.1) is 0 Å². The van der Waals surface area contributed by atoms with E-state index in [1.807, 2.05) is 0 Å². The minimum absolute atomic E-state index is 0.0748. The fraction of sp³-hybridized carbons (Fsp3) is 1.00. The Morgan fingerprint density at radius 1 is 1.29 bits per heavy atom. The number of ether oxygens (including phenoxy) is 1. The van der Waals surface area contributed by atoms with Crippen molar-refractivity contribution in [3.05, 3.63) is 0 Å². The van der Waals surface area contributed by atoms with Crippen LogP contribution in [0.4, 0.5) is 0 Å². The average molecular weight is 261 g/mol. The molecule has 0 bridgehead atoms. The summed E-state index contributed by atoms with van der Waals surface area (Å²) in [7, 11) is -2.83. The van der Waals surface area contributed by atoms with E-state index in [-0.39, 0.29) is 18.0 Å². The Balaban J connectivity index is 1.90. The topological polar surface area (TPSA) is 55.4 Å². The van der Waals surface area contributed by atoms with Crippen LogP contribution in [0.15, 0.2) is 0 Å². The van der Waals surface area contributed by atoms with E-state index in [4.69, 9.17) is 4.74 Å². The molecule has 0 aliphatic carbocycles. The maximum absolute atomic E-state index is 11.4. The molecule has 2 aliphatic heterocycles. The lowest BCUT2D eigenvalue weighted by molar-refractivity contribution is -0.0394. The highest BCUT2D eigenvalue weighted by molar-refractivity contribution is 7.91. The zero-order chi connectivity index (χ0) is 12.5. The van der Waals surface area contributed by atoms with Gasteiger partial charge in [-0.3, -0.25) is 0 Å². The lowest BCUT2D eigenvalue weighted by Gasteiger charge is -2.37. The summed E-state index contributed by atoms with van der Waals surface area (Å²) in [5, 5.41) is 3.54. The molecule has 17 heavy (non-hydrogen) atoms. The normalized spacial score (nSPS) is 41.5. The lowest BCUT2D eigenvalue weighted by atomic mass is 9.94. The molecule has 0 aromatic heterocycles. The molecule has 2 aliphatic rings. The van der Waals surface area contributed by atoms with Gasteiger partial charge in [0, 0.05) is 12.1 Å². The quantitative estimate of drug-likeness (QED) is 0.827. The molecule has 1 N–H and O–H groups in total. The van der Waals surface area contributed by atoms with Crippen molar-refractivity contribution in [2.75, 3.05) is 11.5 Å². The van der Waals surface area contributed by atoms with Crippen molar-refractivity contribution in [3.8, 4) is 0 Å². The third-order valence-corrected chi connectivity index (χ3v) is 5.57. The minimum atomic E-state index is -2.83. The average Bonchev–Trinajstić information content (AvgIpc) is 2.61. The predicted molar refractivity (Wildman–Crippen MR) is 67.8 cm³/mol. The van der Waals surface area contributed by atoms with Gasteiger partial charge in [0.25, 0.3) is 0 Å². The second kappa shape index (κ2) is 5.24. The van der Waals surface area contributed by atoms with Crippen LogP contribution >= 0.6 is 0 Å². The molecular formula is C12H23NO3S. The summed E-state index contributed by atoms with van der Waals surface area (Å²) < 4.78 is 28.8. The van der Waals surface area contributed by atoms with Crippen LogP contribution in [0.3, 0.4) is 0 Å². The molecule has 5 heteroatoms. The molecule has 2 heterocycles. The molecule has 0 radical (unpaired) electrons.